The number of carbonyl (C=O) groups excluding carboxylic acids is 2. The van der Waals surface area contributed by atoms with Gasteiger partial charge in [0.15, 0.2) is 0 Å². The van der Waals surface area contributed by atoms with E-state index in [0.29, 0.717) is 5.75 Å². The maximum atomic E-state index is 12.1. The lowest BCUT2D eigenvalue weighted by molar-refractivity contribution is -0.146. The molecule has 0 fully saturated rings. The number of ether oxygens (including phenoxy) is 2. The third-order valence-corrected chi connectivity index (χ3v) is 3.20. The van der Waals surface area contributed by atoms with Crippen LogP contribution < -0.4 is 5.32 Å². The van der Waals surface area contributed by atoms with Crippen molar-refractivity contribution in [3.05, 3.63) is 35.9 Å². The number of amides is 1. The molecule has 0 saturated heterocycles. The topological polar surface area (TPSA) is 64.6 Å². The molecular formula is C16H23NO4S. The Bertz CT molecular complexity index is 485. The summed E-state index contributed by atoms with van der Waals surface area (Å²) in [4.78, 5) is 23.9. The predicted octanol–water partition coefficient (Wildman–Crippen LogP) is 2.99. The van der Waals surface area contributed by atoms with Gasteiger partial charge in [-0.05, 0) is 32.6 Å². The fourth-order valence-corrected chi connectivity index (χ4v) is 2.17. The zero-order chi connectivity index (χ0) is 16.6. The summed E-state index contributed by atoms with van der Waals surface area (Å²) in [5, 5.41) is 2.55. The van der Waals surface area contributed by atoms with Crippen LogP contribution in [0, 0.1) is 0 Å². The summed E-state index contributed by atoms with van der Waals surface area (Å²) in [6.45, 7) is 5.48. The Kier molecular flexibility index (Phi) is 7.24. The third-order valence-electron chi connectivity index (χ3n) is 2.53. The van der Waals surface area contributed by atoms with Crippen molar-refractivity contribution in [2.45, 2.75) is 39.0 Å². The number of hydrogen-bond donors (Lipinski definition) is 1. The van der Waals surface area contributed by atoms with E-state index < -0.39 is 23.7 Å². The van der Waals surface area contributed by atoms with Gasteiger partial charge in [0, 0.05) is 5.75 Å². The number of hydrogen-bond acceptors (Lipinski definition) is 5. The van der Waals surface area contributed by atoms with Gasteiger partial charge in [-0.3, -0.25) is 0 Å². The molecule has 1 atom stereocenters. The molecule has 22 heavy (non-hydrogen) atoms. The lowest BCUT2D eigenvalue weighted by Crippen LogP contribution is -2.45. The van der Waals surface area contributed by atoms with Crippen molar-refractivity contribution >= 4 is 23.8 Å². The molecule has 122 valence electrons. The number of esters is 1. The van der Waals surface area contributed by atoms with E-state index in [4.69, 9.17) is 9.47 Å². The van der Waals surface area contributed by atoms with Gasteiger partial charge in [0.1, 0.15) is 18.2 Å². The van der Waals surface area contributed by atoms with E-state index in [1.807, 2.05) is 36.6 Å². The molecule has 0 aromatic heterocycles. The second-order valence-electron chi connectivity index (χ2n) is 5.75. The fourth-order valence-electron chi connectivity index (χ4n) is 1.61. The minimum atomic E-state index is -0.728. The molecular weight excluding hydrogens is 302 g/mol. The number of benzene rings is 1. The molecule has 5 nitrogen and oxygen atoms in total. The van der Waals surface area contributed by atoms with Gasteiger partial charge >= 0.3 is 12.1 Å². The van der Waals surface area contributed by atoms with Crippen LogP contribution in [-0.4, -0.2) is 35.7 Å². The van der Waals surface area contributed by atoms with E-state index in [-0.39, 0.29) is 6.61 Å². The molecule has 1 rings (SSSR count). The Balaban J connectivity index is 2.54. The van der Waals surface area contributed by atoms with Gasteiger partial charge in [-0.2, -0.15) is 11.8 Å². The zero-order valence-electron chi connectivity index (χ0n) is 13.4. The van der Waals surface area contributed by atoms with E-state index in [1.165, 1.54) is 11.8 Å². The quantitative estimate of drug-likeness (QED) is 0.815. The van der Waals surface area contributed by atoms with Crippen molar-refractivity contribution in [2.24, 2.45) is 0 Å². The second kappa shape index (κ2) is 8.68. The first-order valence-electron chi connectivity index (χ1n) is 7.01. The van der Waals surface area contributed by atoms with Crippen LogP contribution in [0.2, 0.25) is 0 Å². The first-order valence-corrected chi connectivity index (χ1v) is 8.40. The van der Waals surface area contributed by atoms with E-state index in [2.05, 4.69) is 5.32 Å². The van der Waals surface area contributed by atoms with Crippen molar-refractivity contribution < 1.29 is 19.1 Å². The molecule has 1 N–H and O–H groups in total. The van der Waals surface area contributed by atoms with Crippen LogP contribution in [0.1, 0.15) is 26.3 Å². The van der Waals surface area contributed by atoms with Gasteiger partial charge in [-0.15, -0.1) is 0 Å². The van der Waals surface area contributed by atoms with Crippen LogP contribution >= 0.6 is 11.8 Å². The number of alkyl carbamates (subject to hydrolysis) is 1. The minimum Gasteiger partial charge on any atom is -0.459 e. The lowest BCUT2D eigenvalue weighted by Gasteiger charge is -2.22. The molecule has 0 aliphatic carbocycles. The Hall–Kier alpha value is -1.69. The molecule has 0 radical (unpaired) electrons. The highest BCUT2D eigenvalue weighted by Crippen LogP contribution is 2.09. The molecule has 0 heterocycles. The van der Waals surface area contributed by atoms with E-state index in [0.717, 1.165) is 5.56 Å². The second-order valence-corrected chi connectivity index (χ2v) is 6.66. The third kappa shape index (κ3) is 7.36. The van der Waals surface area contributed by atoms with Gasteiger partial charge < -0.3 is 14.8 Å². The summed E-state index contributed by atoms with van der Waals surface area (Å²) >= 11 is 1.45. The molecule has 6 heteroatoms. The van der Waals surface area contributed by atoms with Crippen molar-refractivity contribution in [3.63, 3.8) is 0 Å². The van der Waals surface area contributed by atoms with E-state index >= 15 is 0 Å². The highest BCUT2D eigenvalue weighted by molar-refractivity contribution is 7.98. The highest BCUT2D eigenvalue weighted by atomic mass is 32.2. The van der Waals surface area contributed by atoms with Crippen LogP contribution in [0.15, 0.2) is 30.3 Å². The van der Waals surface area contributed by atoms with Gasteiger partial charge in [-0.1, -0.05) is 30.3 Å². The summed E-state index contributed by atoms with van der Waals surface area (Å²) in [5.41, 5.74) is 0.290. The Morgan fingerprint density at radius 2 is 1.86 bits per heavy atom. The zero-order valence-corrected chi connectivity index (χ0v) is 14.2. The molecule has 1 amide bonds. The number of thioether (sulfide) groups is 1. The molecule has 0 aliphatic rings. The van der Waals surface area contributed by atoms with Gasteiger partial charge in [0.2, 0.25) is 0 Å². The van der Waals surface area contributed by atoms with Crippen molar-refractivity contribution in [3.8, 4) is 0 Å². The fraction of sp³-hybridized carbons (Fsp3) is 0.500. The average molecular weight is 325 g/mol. The first kappa shape index (κ1) is 18.4. The van der Waals surface area contributed by atoms with Crippen LogP contribution in [-0.2, 0) is 20.9 Å². The Morgan fingerprint density at radius 3 is 2.41 bits per heavy atom. The summed E-state index contributed by atoms with van der Waals surface area (Å²) in [6.07, 6.45) is 1.23. The summed E-state index contributed by atoms with van der Waals surface area (Å²) in [7, 11) is 0. The van der Waals surface area contributed by atoms with Crippen LogP contribution in [0.25, 0.3) is 0 Å². The first-order chi connectivity index (χ1) is 10.3. The summed E-state index contributed by atoms with van der Waals surface area (Å²) < 4.78 is 10.4. The summed E-state index contributed by atoms with van der Waals surface area (Å²) in [6, 6.07) is 8.67. The Morgan fingerprint density at radius 1 is 1.23 bits per heavy atom. The minimum absolute atomic E-state index is 0.181. The van der Waals surface area contributed by atoms with Crippen molar-refractivity contribution in [2.75, 3.05) is 12.0 Å². The predicted molar refractivity (Wildman–Crippen MR) is 87.8 cm³/mol. The van der Waals surface area contributed by atoms with E-state index in [9.17, 15) is 9.59 Å². The maximum absolute atomic E-state index is 12.1. The molecule has 1 aromatic rings. The molecule has 1 aromatic carbocycles. The van der Waals surface area contributed by atoms with Gasteiger partial charge in [0.05, 0.1) is 0 Å². The van der Waals surface area contributed by atoms with Gasteiger partial charge in [-0.25, -0.2) is 9.59 Å². The molecule has 0 spiro atoms. The smallest absolute Gasteiger partial charge is 0.408 e. The summed E-state index contributed by atoms with van der Waals surface area (Å²) in [5.74, 6) is -0.0450. The lowest BCUT2D eigenvalue weighted by atomic mass is 10.2. The van der Waals surface area contributed by atoms with Crippen LogP contribution in [0.4, 0.5) is 4.79 Å². The van der Waals surface area contributed by atoms with Crippen LogP contribution in [0.5, 0.6) is 0 Å². The standard InChI is InChI=1S/C16H23NO4S/c1-16(2,3)21-15(19)17-13(11-22-4)14(18)20-10-12-8-6-5-7-9-12/h5-9,13H,10-11H2,1-4H3,(H,17,19). The maximum Gasteiger partial charge on any atom is 0.408 e. The molecule has 0 saturated carbocycles. The molecule has 0 aliphatic heterocycles. The van der Waals surface area contributed by atoms with E-state index in [1.54, 1.807) is 20.8 Å². The van der Waals surface area contributed by atoms with Crippen molar-refractivity contribution in [1.82, 2.24) is 5.32 Å². The van der Waals surface area contributed by atoms with Crippen molar-refractivity contribution in [1.29, 1.82) is 0 Å². The highest BCUT2D eigenvalue weighted by Gasteiger charge is 2.25. The SMILES string of the molecule is CSCC(NC(=O)OC(C)(C)C)C(=O)OCc1ccccc1. The van der Waals surface area contributed by atoms with Gasteiger partial charge in [0.25, 0.3) is 0 Å². The molecule has 1 unspecified atom stereocenters. The molecule has 0 bridgehead atoms. The largest absolute Gasteiger partial charge is 0.459 e. The number of nitrogens with one attached hydrogen (secondary N) is 1. The number of carbonyl (C=O) groups is 2. The normalized spacial score (nSPS) is 12.4. The van der Waals surface area contributed by atoms with Crippen LogP contribution in [0.3, 0.4) is 0 Å². The Labute approximate surface area is 135 Å². The number of rotatable bonds is 6. The monoisotopic (exact) mass is 325 g/mol. The average Bonchev–Trinajstić information content (AvgIpc) is 2.43.